The molecule has 0 spiro atoms. The Morgan fingerprint density at radius 3 is 2.53 bits per heavy atom. The van der Waals surface area contributed by atoms with Crippen molar-refractivity contribution in [2.24, 2.45) is 4.99 Å². The van der Waals surface area contributed by atoms with Crippen molar-refractivity contribution in [2.45, 2.75) is 6.92 Å². The molecule has 3 rings (SSSR count). The van der Waals surface area contributed by atoms with Crippen LogP contribution >= 0.6 is 17.0 Å². The summed E-state index contributed by atoms with van der Waals surface area (Å²) in [5.74, 6) is 0. The number of benzene rings is 2. The van der Waals surface area contributed by atoms with Crippen LogP contribution in [0.2, 0.25) is 0 Å². The minimum atomic E-state index is 0. The van der Waals surface area contributed by atoms with Gasteiger partial charge in [-0.3, -0.25) is 4.90 Å². The fourth-order valence-electron chi connectivity index (χ4n) is 2.36. The first-order valence-electron chi connectivity index (χ1n) is 6.17. The second-order valence-electron chi connectivity index (χ2n) is 4.52. The third-order valence-electron chi connectivity index (χ3n) is 3.34. The molecule has 0 radical (unpaired) electrons. The predicted octanol–water partition coefficient (Wildman–Crippen LogP) is 3.55. The minimum Gasteiger partial charge on any atom is -0.463 e. The van der Waals surface area contributed by atoms with Gasteiger partial charge in [-0.1, -0.05) is 30.3 Å². The third kappa shape index (κ3) is 2.45. The maximum Gasteiger partial charge on any atom is 0.291 e. The van der Waals surface area contributed by atoms with Gasteiger partial charge in [-0.2, -0.15) is 0 Å². The Morgan fingerprint density at radius 1 is 1.11 bits per heavy atom. The van der Waals surface area contributed by atoms with Gasteiger partial charge in [0.05, 0.1) is 12.2 Å². The van der Waals surface area contributed by atoms with Gasteiger partial charge in [-0.25, -0.2) is 4.99 Å². The van der Waals surface area contributed by atoms with E-state index < -0.39 is 0 Å². The lowest BCUT2D eigenvalue weighted by Gasteiger charge is -2.20. The second kappa shape index (κ2) is 5.61. The summed E-state index contributed by atoms with van der Waals surface area (Å²) in [6, 6.07) is 13.4. The lowest BCUT2D eigenvalue weighted by molar-refractivity contribution is 0.340. The molecule has 0 aliphatic carbocycles. The number of hydrogen-bond acceptors (Lipinski definition) is 3. The molecule has 3 nitrogen and oxygen atoms in total. The van der Waals surface area contributed by atoms with Gasteiger partial charge < -0.3 is 4.74 Å². The number of hydrogen-bond donors (Lipinski definition) is 0. The Bertz CT molecular complexity index is 625. The Balaban J connectivity index is 0.00000133. The Hall–Kier alpha value is -1.55. The number of anilines is 1. The highest BCUT2D eigenvalue weighted by Gasteiger charge is 2.16. The van der Waals surface area contributed by atoms with Crippen LogP contribution in [0.15, 0.2) is 41.4 Å². The van der Waals surface area contributed by atoms with Crippen molar-refractivity contribution in [1.29, 1.82) is 0 Å². The number of aliphatic imine (C=N–C) groups is 1. The van der Waals surface area contributed by atoms with E-state index in [2.05, 4.69) is 48.3 Å². The van der Waals surface area contributed by atoms with Gasteiger partial charge in [0.2, 0.25) is 0 Å². The Kier molecular flexibility index (Phi) is 4.10. The molecule has 0 saturated carbocycles. The zero-order valence-electron chi connectivity index (χ0n) is 11.1. The van der Waals surface area contributed by atoms with Gasteiger partial charge in [0.1, 0.15) is 6.61 Å². The van der Waals surface area contributed by atoms with Crippen LogP contribution in [0, 0.1) is 6.92 Å². The molecule has 0 bridgehead atoms. The third-order valence-corrected chi connectivity index (χ3v) is 3.34. The van der Waals surface area contributed by atoms with Gasteiger partial charge in [0, 0.05) is 12.4 Å². The van der Waals surface area contributed by atoms with E-state index in [1.807, 2.05) is 11.9 Å². The highest BCUT2D eigenvalue weighted by Crippen LogP contribution is 2.29. The molecule has 0 aromatic heterocycles. The van der Waals surface area contributed by atoms with Crippen molar-refractivity contribution in [3.8, 4) is 0 Å². The number of halogens is 1. The van der Waals surface area contributed by atoms with Gasteiger partial charge in [-0.05, 0) is 23.9 Å². The normalized spacial score (nSPS) is 13.7. The topological polar surface area (TPSA) is 24.8 Å². The zero-order chi connectivity index (χ0) is 12.5. The summed E-state index contributed by atoms with van der Waals surface area (Å²) >= 11 is 0. The van der Waals surface area contributed by atoms with E-state index >= 15 is 0 Å². The van der Waals surface area contributed by atoms with Crippen LogP contribution < -0.4 is 4.90 Å². The molecule has 2 aromatic rings. The molecule has 4 heteroatoms. The second-order valence-corrected chi connectivity index (χ2v) is 4.52. The first-order chi connectivity index (χ1) is 8.77. The van der Waals surface area contributed by atoms with Crippen molar-refractivity contribution in [2.75, 3.05) is 25.1 Å². The Labute approximate surface area is 123 Å². The van der Waals surface area contributed by atoms with E-state index in [1.165, 1.54) is 16.3 Å². The average Bonchev–Trinajstić information content (AvgIpc) is 2.93. The summed E-state index contributed by atoms with van der Waals surface area (Å²) in [6.07, 6.45) is 0. The fraction of sp³-hybridized carbons (Fsp3) is 0.267. The van der Waals surface area contributed by atoms with Crippen LogP contribution in [-0.2, 0) is 4.74 Å². The number of amidine groups is 1. The van der Waals surface area contributed by atoms with E-state index in [-0.39, 0.29) is 17.0 Å². The first kappa shape index (κ1) is 13.9. The lowest BCUT2D eigenvalue weighted by Crippen LogP contribution is -2.26. The molecule has 0 saturated heterocycles. The maximum atomic E-state index is 5.52. The van der Waals surface area contributed by atoms with Crippen molar-refractivity contribution in [1.82, 2.24) is 0 Å². The molecular weight excluding hydrogens is 304 g/mol. The highest BCUT2D eigenvalue weighted by molar-refractivity contribution is 8.93. The summed E-state index contributed by atoms with van der Waals surface area (Å²) in [4.78, 5) is 6.38. The van der Waals surface area contributed by atoms with E-state index in [0.29, 0.717) is 12.6 Å². The van der Waals surface area contributed by atoms with E-state index in [1.54, 1.807) is 0 Å². The first-order valence-corrected chi connectivity index (χ1v) is 6.17. The zero-order valence-corrected chi connectivity index (χ0v) is 12.8. The van der Waals surface area contributed by atoms with Crippen LogP contribution in [0.3, 0.4) is 0 Å². The fourth-order valence-corrected chi connectivity index (χ4v) is 2.36. The van der Waals surface area contributed by atoms with Crippen LogP contribution in [0.4, 0.5) is 5.69 Å². The standard InChI is InChI=1S/C15H16N2O.BrH/c1-11-7-8-14(13-6-4-3-5-12(11)13)17(2)15-16-9-10-18-15;/h3-8H,9-10H2,1-2H3;1H. The van der Waals surface area contributed by atoms with E-state index in [4.69, 9.17) is 4.74 Å². The van der Waals surface area contributed by atoms with Crippen LogP contribution in [0.5, 0.6) is 0 Å². The molecule has 2 aromatic carbocycles. The molecule has 1 aliphatic rings. The molecule has 1 aliphatic heterocycles. The van der Waals surface area contributed by atoms with Crippen molar-refractivity contribution in [3.05, 3.63) is 42.0 Å². The summed E-state index contributed by atoms with van der Waals surface area (Å²) in [5.41, 5.74) is 2.42. The lowest BCUT2D eigenvalue weighted by atomic mass is 10.0. The monoisotopic (exact) mass is 320 g/mol. The predicted molar refractivity (Wildman–Crippen MR) is 85.7 cm³/mol. The summed E-state index contributed by atoms with van der Waals surface area (Å²) < 4.78 is 5.52. The smallest absolute Gasteiger partial charge is 0.291 e. The molecule has 100 valence electrons. The number of ether oxygens (including phenoxy) is 1. The van der Waals surface area contributed by atoms with Gasteiger partial charge in [0.15, 0.2) is 0 Å². The summed E-state index contributed by atoms with van der Waals surface area (Å²) in [6.45, 7) is 3.57. The van der Waals surface area contributed by atoms with Crippen molar-refractivity contribution < 1.29 is 4.74 Å². The molecule has 0 amide bonds. The minimum absolute atomic E-state index is 0. The van der Waals surface area contributed by atoms with Gasteiger partial charge in [0.25, 0.3) is 6.02 Å². The van der Waals surface area contributed by atoms with Crippen molar-refractivity contribution in [3.63, 3.8) is 0 Å². The molecule has 0 fully saturated rings. The van der Waals surface area contributed by atoms with Crippen LogP contribution in [-0.4, -0.2) is 26.2 Å². The number of fused-ring (bicyclic) bond motifs is 1. The van der Waals surface area contributed by atoms with Crippen molar-refractivity contribution >= 4 is 39.5 Å². The average molecular weight is 321 g/mol. The van der Waals surface area contributed by atoms with Crippen LogP contribution in [0.25, 0.3) is 10.8 Å². The van der Waals surface area contributed by atoms with Gasteiger partial charge >= 0.3 is 0 Å². The van der Waals surface area contributed by atoms with Gasteiger partial charge in [-0.15, -0.1) is 17.0 Å². The number of nitrogens with zero attached hydrogens (tertiary/aromatic N) is 2. The van der Waals surface area contributed by atoms with Crippen LogP contribution in [0.1, 0.15) is 5.56 Å². The highest BCUT2D eigenvalue weighted by atomic mass is 79.9. The SMILES string of the molecule is Br.Cc1ccc(N(C)C2=NCCO2)c2ccccc12. The molecular formula is C15H17BrN2O. The largest absolute Gasteiger partial charge is 0.463 e. The van der Waals surface area contributed by atoms with E-state index in [9.17, 15) is 0 Å². The molecule has 0 atom stereocenters. The van der Waals surface area contributed by atoms with E-state index in [0.717, 1.165) is 12.2 Å². The Morgan fingerprint density at radius 2 is 1.84 bits per heavy atom. The molecule has 0 N–H and O–H groups in total. The number of rotatable bonds is 1. The number of aryl methyl sites for hydroxylation is 1. The summed E-state index contributed by atoms with van der Waals surface area (Å²) in [5, 5.41) is 2.51. The molecule has 0 unspecified atom stereocenters. The maximum absolute atomic E-state index is 5.52. The molecule has 19 heavy (non-hydrogen) atoms. The summed E-state index contributed by atoms with van der Waals surface area (Å²) in [7, 11) is 2.00. The molecule has 1 heterocycles. The quantitative estimate of drug-likeness (QED) is 0.802.